The molecule has 0 saturated carbocycles. The Morgan fingerprint density at radius 2 is 2.03 bits per heavy atom. The van der Waals surface area contributed by atoms with Crippen LogP contribution in [-0.2, 0) is 0 Å². The van der Waals surface area contributed by atoms with Crippen molar-refractivity contribution < 1.29 is 9.53 Å². The van der Waals surface area contributed by atoms with Crippen LogP contribution in [0.15, 0.2) is 58.7 Å². The number of urea groups is 1. The van der Waals surface area contributed by atoms with E-state index in [2.05, 4.69) is 27.9 Å². The lowest BCUT2D eigenvalue weighted by atomic mass is 10.0. The van der Waals surface area contributed by atoms with Gasteiger partial charge in [0.15, 0.2) is 0 Å². The summed E-state index contributed by atoms with van der Waals surface area (Å²) >= 11 is 0. The zero-order valence-electron chi connectivity index (χ0n) is 21.9. The van der Waals surface area contributed by atoms with E-state index in [1.807, 2.05) is 58.0 Å². The SMILES string of the molecule is C=C1CCCN1CCC/N=C1/NC(=O)N(c2ccc(C)c(/N=C\C)c2)C1c1ccc(OCC)c(C)c1. The maximum absolute atomic E-state index is 13.3. The molecule has 190 valence electrons. The molecule has 0 aromatic heterocycles. The van der Waals surface area contributed by atoms with Crippen LogP contribution in [0, 0.1) is 13.8 Å². The third-order valence-corrected chi connectivity index (χ3v) is 6.73. The molecule has 2 heterocycles. The van der Waals surface area contributed by atoms with Crippen LogP contribution in [0.4, 0.5) is 16.2 Å². The summed E-state index contributed by atoms with van der Waals surface area (Å²) in [5, 5.41) is 3.05. The molecular formula is C29H37N5O2. The van der Waals surface area contributed by atoms with Crippen molar-refractivity contribution in [3.05, 3.63) is 65.4 Å². The van der Waals surface area contributed by atoms with Crippen LogP contribution in [0.5, 0.6) is 5.75 Å². The van der Waals surface area contributed by atoms with E-state index in [1.54, 1.807) is 11.1 Å². The number of benzene rings is 2. The Bertz CT molecular complexity index is 1190. The smallest absolute Gasteiger partial charge is 0.328 e. The number of carbonyl (C=O) groups is 1. The molecule has 2 aromatic carbocycles. The summed E-state index contributed by atoms with van der Waals surface area (Å²) in [6.07, 6.45) is 4.94. The second-order valence-corrected chi connectivity index (χ2v) is 9.30. The zero-order valence-corrected chi connectivity index (χ0v) is 21.9. The Morgan fingerprint density at radius 3 is 2.72 bits per heavy atom. The van der Waals surface area contributed by atoms with Crippen LogP contribution in [0.3, 0.4) is 0 Å². The van der Waals surface area contributed by atoms with Crippen molar-refractivity contribution in [2.45, 2.75) is 53.0 Å². The van der Waals surface area contributed by atoms with Crippen LogP contribution < -0.4 is 15.0 Å². The number of nitrogens with zero attached hydrogens (tertiary/aromatic N) is 4. The predicted molar refractivity (Wildman–Crippen MR) is 148 cm³/mol. The van der Waals surface area contributed by atoms with E-state index in [0.29, 0.717) is 19.0 Å². The van der Waals surface area contributed by atoms with E-state index in [1.165, 1.54) is 12.1 Å². The van der Waals surface area contributed by atoms with Gasteiger partial charge in [0.2, 0.25) is 0 Å². The lowest BCUT2D eigenvalue weighted by molar-refractivity contribution is 0.252. The van der Waals surface area contributed by atoms with E-state index in [9.17, 15) is 4.79 Å². The normalized spacial score (nSPS) is 19.1. The highest BCUT2D eigenvalue weighted by molar-refractivity contribution is 6.16. The van der Waals surface area contributed by atoms with Gasteiger partial charge in [-0.15, -0.1) is 0 Å². The molecule has 2 aliphatic rings. The zero-order chi connectivity index (χ0) is 25.7. The van der Waals surface area contributed by atoms with Crippen molar-refractivity contribution in [1.29, 1.82) is 0 Å². The number of hydrogen-bond donors (Lipinski definition) is 1. The van der Waals surface area contributed by atoms with Crippen LogP contribution >= 0.6 is 0 Å². The van der Waals surface area contributed by atoms with Gasteiger partial charge in [0, 0.05) is 37.2 Å². The maximum Gasteiger partial charge on any atom is 0.328 e. The van der Waals surface area contributed by atoms with E-state index < -0.39 is 0 Å². The molecule has 4 rings (SSSR count). The minimum atomic E-state index is -0.352. The first kappa shape index (κ1) is 25.5. The highest BCUT2D eigenvalue weighted by atomic mass is 16.5. The van der Waals surface area contributed by atoms with Crippen molar-refractivity contribution in [3.63, 3.8) is 0 Å². The number of hydrogen-bond acceptors (Lipinski definition) is 5. The lowest BCUT2D eigenvalue weighted by Gasteiger charge is -2.25. The minimum Gasteiger partial charge on any atom is -0.494 e. The van der Waals surface area contributed by atoms with Crippen molar-refractivity contribution in [2.24, 2.45) is 9.98 Å². The van der Waals surface area contributed by atoms with E-state index in [0.717, 1.165) is 59.7 Å². The molecule has 2 aromatic rings. The number of likely N-dealkylation sites (tertiary alicyclic amines) is 1. The molecule has 0 spiro atoms. The van der Waals surface area contributed by atoms with Crippen LogP contribution in [0.25, 0.3) is 0 Å². The summed E-state index contributed by atoms with van der Waals surface area (Å²) in [5.74, 6) is 1.52. The second kappa shape index (κ2) is 11.4. The number of nitrogens with one attached hydrogen (secondary N) is 1. The van der Waals surface area contributed by atoms with Crippen molar-refractivity contribution >= 4 is 29.5 Å². The molecule has 0 aliphatic carbocycles. The fourth-order valence-electron chi connectivity index (χ4n) is 4.88. The monoisotopic (exact) mass is 487 g/mol. The van der Waals surface area contributed by atoms with Crippen molar-refractivity contribution in [1.82, 2.24) is 10.2 Å². The number of ether oxygens (including phenoxy) is 1. The quantitative estimate of drug-likeness (QED) is 0.344. The summed E-state index contributed by atoms with van der Waals surface area (Å²) in [5.41, 5.74) is 5.93. The minimum absolute atomic E-state index is 0.187. The topological polar surface area (TPSA) is 69.5 Å². The molecule has 0 radical (unpaired) electrons. The summed E-state index contributed by atoms with van der Waals surface area (Å²) in [4.78, 5) is 26.8. The number of rotatable bonds is 9. The van der Waals surface area contributed by atoms with Gasteiger partial charge in [-0.25, -0.2) is 4.79 Å². The van der Waals surface area contributed by atoms with Gasteiger partial charge in [-0.05, 0) is 87.9 Å². The molecule has 2 fully saturated rings. The summed E-state index contributed by atoms with van der Waals surface area (Å²) in [6, 6.07) is 11.5. The van der Waals surface area contributed by atoms with Crippen LogP contribution in [0.2, 0.25) is 0 Å². The highest BCUT2D eigenvalue weighted by Crippen LogP contribution is 2.36. The maximum atomic E-state index is 13.3. The van der Waals surface area contributed by atoms with Gasteiger partial charge < -0.3 is 9.64 Å². The average molecular weight is 488 g/mol. The van der Waals surface area contributed by atoms with Gasteiger partial charge in [0.05, 0.1) is 12.3 Å². The first-order chi connectivity index (χ1) is 17.4. The molecule has 1 unspecified atom stereocenters. The molecular weight excluding hydrogens is 450 g/mol. The second-order valence-electron chi connectivity index (χ2n) is 9.30. The molecule has 0 bridgehead atoms. The molecule has 1 atom stereocenters. The molecule has 2 amide bonds. The van der Waals surface area contributed by atoms with Crippen molar-refractivity contribution in [2.75, 3.05) is 31.1 Å². The number of allylic oxidation sites excluding steroid dienone is 1. The number of anilines is 1. The first-order valence-corrected chi connectivity index (χ1v) is 12.8. The molecule has 36 heavy (non-hydrogen) atoms. The highest BCUT2D eigenvalue weighted by Gasteiger charge is 2.39. The van der Waals surface area contributed by atoms with Gasteiger partial charge in [-0.3, -0.25) is 20.2 Å². The molecule has 2 aliphatic heterocycles. The van der Waals surface area contributed by atoms with Crippen molar-refractivity contribution in [3.8, 4) is 5.75 Å². The molecule has 2 saturated heterocycles. The number of aryl methyl sites for hydroxylation is 2. The van der Waals surface area contributed by atoms with E-state index in [-0.39, 0.29) is 12.1 Å². The predicted octanol–water partition coefficient (Wildman–Crippen LogP) is 6.09. The molecule has 1 N–H and O–H groups in total. The Labute approximate surface area is 214 Å². The third-order valence-electron chi connectivity index (χ3n) is 6.73. The number of carbonyl (C=O) groups excluding carboxylic acids is 1. The lowest BCUT2D eigenvalue weighted by Crippen LogP contribution is -2.29. The summed E-state index contributed by atoms with van der Waals surface area (Å²) in [7, 11) is 0. The van der Waals surface area contributed by atoms with Gasteiger partial charge in [0.1, 0.15) is 17.6 Å². The van der Waals surface area contributed by atoms with Gasteiger partial charge >= 0.3 is 6.03 Å². The summed E-state index contributed by atoms with van der Waals surface area (Å²) in [6.45, 7) is 15.3. The molecule has 7 nitrogen and oxygen atoms in total. The third kappa shape index (κ3) is 5.45. The Kier molecular flexibility index (Phi) is 8.08. The Morgan fingerprint density at radius 1 is 1.19 bits per heavy atom. The van der Waals surface area contributed by atoms with Gasteiger partial charge in [-0.2, -0.15) is 0 Å². The van der Waals surface area contributed by atoms with Crippen LogP contribution in [0.1, 0.15) is 55.8 Å². The number of amidine groups is 1. The van der Waals surface area contributed by atoms with Gasteiger partial charge in [-0.1, -0.05) is 18.7 Å². The number of aliphatic imine (C=N–C) groups is 2. The largest absolute Gasteiger partial charge is 0.494 e. The fourth-order valence-corrected chi connectivity index (χ4v) is 4.88. The summed E-state index contributed by atoms with van der Waals surface area (Å²) < 4.78 is 5.75. The standard InChI is InChI=1S/C29H37N5O2/c1-6-30-25-19-24(13-11-20(25)3)34-27(23-12-14-26(36-7-2)21(4)18-23)28(32-29(34)35)31-15-9-17-33-16-8-10-22(33)5/h6,11-14,18-19,27H,5,7-10,15-17H2,1-4H3,(H,31,32,35)/b30-6-. The average Bonchev–Trinajstić information content (AvgIpc) is 3.42. The van der Waals surface area contributed by atoms with Crippen LogP contribution in [-0.4, -0.2) is 49.2 Å². The fraction of sp³-hybridized carbons (Fsp3) is 0.414. The van der Waals surface area contributed by atoms with Gasteiger partial charge in [0.25, 0.3) is 0 Å². The number of amides is 2. The molecule has 7 heteroatoms. The Hall–Kier alpha value is -3.61. The van der Waals surface area contributed by atoms with E-state index in [4.69, 9.17) is 9.73 Å². The first-order valence-electron chi connectivity index (χ1n) is 12.8. The van der Waals surface area contributed by atoms with E-state index >= 15 is 0 Å². The Balaban J connectivity index is 1.66.